The summed E-state index contributed by atoms with van der Waals surface area (Å²) in [6, 6.07) is 0. The van der Waals surface area contributed by atoms with E-state index in [1.807, 2.05) is 0 Å². The molecular weight excluding hydrogens is 232 g/mol. The highest BCUT2D eigenvalue weighted by Gasteiger charge is 2.37. The normalized spacial score (nSPS) is 27.2. The van der Waals surface area contributed by atoms with E-state index in [1.54, 1.807) is 12.4 Å². The zero-order chi connectivity index (χ0) is 11.8. The molecule has 1 aliphatic heterocycles. The molecule has 1 aromatic rings. The van der Waals surface area contributed by atoms with Crippen LogP contribution >= 0.6 is 12.2 Å². The van der Waals surface area contributed by atoms with E-state index in [4.69, 9.17) is 18.0 Å². The molecule has 0 amide bonds. The summed E-state index contributed by atoms with van der Waals surface area (Å²) in [5.74, 6) is 2.53. The van der Waals surface area contributed by atoms with Crippen LogP contribution in [0, 0.1) is 11.8 Å². The highest BCUT2D eigenvalue weighted by Crippen LogP contribution is 2.39. The Kier molecular flexibility index (Phi) is 2.70. The number of thiocarbonyl (C=S) groups is 1. The third-order valence-electron chi connectivity index (χ3n) is 3.94. The second-order valence-corrected chi connectivity index (χ2v) is 5.39. The Morgan fingerprint density at radius 2 is 1.88 bits per heavy atom. The van der Waals surface area contributed by atoms with Crippen LogP contribution in [0.3, 0.4) is 0 Å². The van der Waals surface area contributed by atoms with Gasteiger partial charge in [0.2, 0.25) is 0 Å². The number of rotatable bonds is 2. The SMILES string of the molecule is NC(=S)c1nccnc1N1CC2CCCC2C1. The fraction of sp³-hybridized carbons (Fsp3) is 0.583. The van der Waals surface area contributed by atoms with Gasteiger partial charge in [-0.15, -0.1) is 0 Å². The monoisotopic (exact) mass is 248 g/mol. The molecule has 1 aliphatic carbocycles. The van der Waals surface area contributed by atoms with Crippen molar-refractivity contribution in [1.82, 2.24) is 9.97 Å². The van der Waals surface area contributed by atoms with E-state index in [9.17, 15) is 0 Å². The van der Waals surface area contributed by atoms with Crippen LogP contribution in [0.2, 0.25) is 0 Å². The molecule has 1 saturated carbocycles. The predicted molar refractivity (Wildman–Crippen MR) is 71.0 cm³/mol. The molecule has 5 heteroatoms. The molecular formula is C12H16N4S. The summed E-state index contributed by atoms with van der Waals surface area (Å²) in [4.78, 5) is 11.3. The van der Waals surface area contributed by atoms with E-state index < -0.39 is 0 Å². The van der Waals surface area contributed by atoms with Crippen LogP contribution in [0.5, 0.6) is 0 Å². The van der Waals surface area contributed by atoms with Gasteiger partial charge in [-0.2, -0.15) is 0 Å². The lowest BCUT2D eigenvalue weighted by molar-refractivity contribution is 0.494. The third-order valence-corrected chi connectivity index (χ3v) is 4.13. The molecule has 0 spiro atoms. The molecule has 2 unspecified atom stereocenters. The van der Waals surface area contributed by atoms with Crippen molar-refractivity contribution in [2.45, 2.75) is 19.3 Å². The number of hydrogen-bond acceptors (Lipinski definition) is 4. The number of anilines is 1. The molecule has 2 fully saturated rings. The van der Waals surface area contributed by atoms with E-state index in [0.29, 0.717) is 10.7 Å². The topological polar surface area (TPSA) is 55.0 Å². The number of nitrogens with two attached hydrogens (primary N) is 1. The van der Waals surface area contributed by atoms with Gasteiger partial charge in [0, 0.05) is 25.5 Å². The minimum Gasteiger partial charge on any atom is -0.388 e. The zero-order valence-corrected chi connectivity index (χ0v) is 10.5. The Hall–Kier alpha value is -1.23. The maximum Gasteiger partial charge on any atom is 0.157 e. The molecule has 4 nitrogen and oxygen atoms in total. The molecule has 2 N–H and O–H groups in total. The van der Waals surface area contributed by atoms with E-state index in [2.05, 4.69) is 14.9 Å². The molecule has 3 rings (SSSR count). The predicted octanol–water partition coefficient (Wildman–Crippen LogP) is 1.35. The highest BCUT2D eigenvalue weighted by molar-refractivity contribution is 7.80. The van der Waals surface area contributed by atoms with Crippen molar-refractivity contribution < 1.29 is 0 Å². The van der Waals surface area contributed by atoms with Crippen molar-refractivity contribution in [3.8, 4) is 0 Å². The summed E-state index contributed by atoms with van der Waals surface area (Å²) in [7, 11) is 0. The van der Waals surface area contributed by atoms with Crippen molar-refractivity contribution in [2.75, 3.05) is 18.0 Å². The van der Waals surface area contributed by atoms with Gasteiger partial charge in [-0.25, -0.2) is 9.97 Å². The molecule has 2 heterocycles. The van der Waals surface area contributed by atoms with Crippen molar-refractivity contribution in [1.29, 1.82) is 0 Å². The summed E-state index contributed by atoms with van der Waals surface area (Å²) in [5.41, 5.74) is 6.37. The van der Waals surface area contributed by atoms with Gasteiger partial charge in [0.1, 0.15) is 10.7 Å². The second kappa shape index (κ2) is 4.22. The summed E-state index contributed by atoms with van der Waals surface area (Å²) >= 11 is 5.03. The standard InChI is InChI=1S/C12H16N4S/c13-11(17)10-12(15-5-4-14-10)16-6-8-2-1-3-9(8)7-16/h4-5,8-9H,1-3,6-7H2,(H2,13,17). The number of fused-ring (bicyclic) bond motifs is 1. The first-order valence-corrected chi connectivity index (χ1v) is 6.52. The maximum absolute atomic E-state index is 5.70. The smallest absolute Gasteiger partial charge is 0.157 e. The van der Waals surface area contributed by atoms with Gasteiger partial charge in [0.15, 0.2) is 5.82 Å². The maximum atomic E-state index is 5.70. The molecule has 2 aliphatic rings. The van der Waals surface area contributed by atoms with Gasteiger partial charge in [0.05, 0.1) is 0 Å². The Bertz CT molecular complexity index is 436. The summed E-state index contributed by atoms with van der Waals surface area (Å²) in [5, 5.41) is 0. The van der Waals surface area contributed by atoms with Crippen LogP contribution < -0.4 is 10.6 Å². The first-order valence-electron chi connectivity index (χ1n) is 6.11. The first-order chi connectivity index (χ1) is 8.25. The fourth-order valence-electron chi connectivity index (χ4n) is 3.14. The van der Waals surface area contributed by atoms with Gasteiger partial charge in [-0.3, -0.25) is 0 Å². The van der Waals surface area contributed by atoms with Gasteiger partial charge < -0.3 is 10.6 Å². The molecule has 17 heavy (non-hydrogen) atoms. The van der Waals surface area contributed by atoms with Crippen molar-refractivity contribution in [3.63, 3.8) is 0 Å². The Morgan fingerprint density at radius 1 is 1.24 bits per heavy atom. The Morgan fingerprint density at radius 3 is 2.53 bits per heavy atom. The van der Waals surface area contributed by atoms with Gasteiger partial charge >= 0.3 is 0 Å². The number of aromatic nitrogens is 2. The van der Waals surface area contributed by atoms with Crippen LogP contribution in [-0.4, -0.2) is 28.0 Å². The highest BCUT2D eigenvalue weighted by atomic mass is 32.1. The lowest BCUT2D eigenvalue weighted by atomic mass is 10.0. The van der Waals surface area contributed by atoms with Crippen molar-refractivity contribution in [3.05, 3.63) is 18.1 Å². The van der Waals surface area contributed by atoms with E-state index in [0.717, 1.165) is 30.7 Å². The largest absolute Gasteiger partial charge is 0.388 e. The third kappa shape index (κ3) is 1.88. The number of hydrogen-bond donors (Lipinski definition) is 1. The van der Waals surface area contributed by atoms with Crippen molar-refractivity contribution in [2.24, 2.45) is 17.6 Å². The van der Waals surface area contributed by atoms with Crippen molar-refractivity contribution >= 4 is 23.0 Å². The molecule has 90 valence electrons. The first kappa shape index (κ1) is 10.9. The van der Waals surface area contributed by atoms with Gasteiger partial charge in [0.25, 0.3) is 0 Å². The van der Waals surface area contributed by atoms with Gasteiger partial charge in [-0.1, -0.05) is 18.6 Å². The van der Waals surface area contributed by atoms with Crippen LogP contribution in [0.1, 0.15) is 25.0 Å². The quantitative estimate of drug-likeness (QED) is 0.801. The van der Waals surface area contributed by atoms with Gasteiger partial charge in [-0.05, 0) is 24.7 Å². The lowest BCUT2D eigenvalue weighted by Gasteiger charge is -2.20. The van der Waals surface area contributed by atoms with Crippen LogP contribution in [0.15, 0.2) is 12.4 Å². The average molecular weight is 248 g/mol. The van der Waals surface area contributed by atoms with E-state index in [-0.39, 0.29) is 0 Å². The molecule has 0 bridgehead atoms. The van der Waals surface area contributed by atoms with Crippen LogP contribution in [0.25, 0.3) is 0 Å². The average Bonchev–Trinajstić information content (AvgIpc) is 2.88. The molecule has 0 aromatic carbocycles. The van der Waals surface area contributed by atoms with Crippen LogP contribution in [-0.2, 0) is 0 Å². The summed E-state index contributed by atoms with van der Waals surface area (Å²) in [6.45, 7) is 2.16. The lowest BCUT2D eigenvalue weighted by Crippen LogP contribution is -2.26. The Labute approximate surface area is 106 Å². The fourth-order valence-corrected chi connectivity index (χ4v) is 3.29. The minimum atomic E-state index is 0.338. The molecule has 0 radical (unpaired) electrons. The van der Waals surface area contributed by atoms with E-state index in [1.165, 1.54) is 19.3 Å². The Balaban J connectivity index is 1.88. The molecule has 1 saturated heterocycles. The van der Waals surface area contributed by atoms with Crippen LogP contribution in [0.4, 0.5) is 5.82 Å². The minimum absolute atomic E-state index is 0.338. The summed E-state index contributed by atoms with van der Waals surface area (Å²) < 4.78 is 0. The molecule has 2 atom stereocenters. The second-order valence-electron chi connectivity index (χ2n) is 4.95. The summed E-state index contributed by atoms with van der Waals surface area (Å²) in [6.07, 6.45) is 7.44. The number of nitrogens with zero attached hydrogens (tertiary/aromatic N) is 3. The van der Waals surface area contributed by atoms with E-state index >= 15 is 0 Å². The zero-order valence-electron chi connectivity index (χ0n) is 9.67. The molecule has 1 aromatic heterocycles.